The first-order valence-electron chi connectivity index (χ1n) is 14.9. The van der Waals surface area contributed by atoms with Gasteiger partial charge in [-0.25, -0.2) is 0 Å². The van der Waals surface area contributed by atoms with E-state index < -0.39 is 11.7 Å². The van der Waals surface area contributed by atoms with Crippen LogP contribution in [0.4, 0.5) is 13.2 Å². The summed E-state index contributed by atoms with van der Waals surface area (Å²) in [6.07, 6.45) is -2.17. The van der Waals surface area contributed by atoms with Gasteiger partial charge in [0.2, 0.25) is 0 Å². The maximum absolute atomic E-state index is 13.0. The van der Waals surface area contributed by atoms with E-state index in [2.05, 4.69) is 0 Å². The molecule has 9 N–H and O–H groups in total. The SMILES string of the molecule is COc1cc(CCN)c(-c2ccc(-c3cc(CCN)c(OCc4ccc(C(F)(F)F)cc4)c(CCN)c3)c(O)c2)c(CCN)c1. The van der Waals surface area contributed by atoms with Crippen LogP contribution in [0.3, 0.4) is 0 Å². The minimum absolute atomic E-state index is 0.0741. The molecule has 0 fully saturated rings. The van der Waals surface area contributed by atoms with Crippen LogP contribution in [0, 0.1) is 0 Å². The Hall–Kier alpha value is -4.09. The van der Waals surface area contributed by atoms with Crippen LogP contribution in [-0.4, -0.2) is 38.4 Å². The van der Waals surface area contributed by atoms with Crippen LogP contribution in [0.1, 0.15) is 33.4 Å². The number of nitrogens with two attached hydrogens (primary N) is 4. The number of aromatic hydroxyl groups is 1. The largest absolute Gasteiger partial charge is 0.507 e. The normalized spacial score (nSPS) is 11.6. The van der Waals surface area contributed by atoms with E-state index in [9.17, 15) is 18.3 Å². The second-order valence-corrected chi connectivity index (χ2v) is 10.8. The molecule has 0 saturated heterocycles. The van der Waals surface area contributed by atoms with Crippen LogP contribution in [0.15, 0.2) is 66.7 Å². The zero-order valence-corrected chi connectivity index (χ0v) is 25.4. The zero-order valence-electron chi connectivity index (χ0n) is 25.4. The molecule has 7 nitrogen and oxygen atoms in total. The highest BCUT2D eigenvalue weighted by molar-refractivity contribution is 5.80. The van der Waals surface area contributed by atoms with E-state index in [1.807, 2.05) is 36.4 Å². The fraction of sp³-hybridized carbons (Fsp3) is 0.314. The van der Waals surface area contributed by atoms with Gasteiger partial charge in [-0.2, -0.15) is 13.2 Å². The summed E-state index contributed by atoms with van der Waals surface area (Å²) in [6.45, 7) is 1.67. The minimum Gasteiger partial charge on any atom is -0.507 e. The van der Waals surface area contributed by atoms with Crippen molar-refractivity contribution in [1.82, 2.24) is 0 Å². The molecule has 0 aliphatic heterocycles. The van der Waals surface area contributed by atoms with Crippen molar-refractivity contribution >= 4 is 0 Å². The molecule has 45 heavy (non-hydrogen) atoms. The van der Waals surface area contributed by atoms with Crippen LogP contribution in [0.25, 0.3) is 22.3 Å². The number of ether oxygens (including phenoxy) is 2. The number of alkyl halides is 3. The summed E-state index contributed by atoms with van der Waals surface area (Å²) < 4.78 is 50.7. The molecule has 0 aliphatic rings. The summed E-state index contributed by atoms with van der Waals surface area (Å²) in [5.41, 5.74) is 30.5. The molecule has 4 aromatic rings. The monoisotopic (exact) mass is 622 g/mol. The molecule has 0 amide bonds. The van der Waals surface area contributed by atoms with E-state index in [1.165, 1.54) is 12.1 Å². The van der Waals surface area contributed by atoms with Crippen molar-refractivity contribution in [3.63, 3.8) is 0 Å². The van der Waals surface area contributed by atoms with Gasteiger partial charge in [0.05, 0.1) is 12.7 Å². The van der Waals surface area contributed by atoms with Crippen molar-refractivity contribution in [2.24, 2.45) is 22.9 Å². The summed E-state index contributed by atoms with van der Waals surface area (Å²) in [5, 5.41) is 11.4. The fourth-order valence-electron chi connectivity index (χ4n) is 5.58. The maximum Gasteiger partial charge on any atom is 0.416 e. The van der Waals surface area contributed by atoms with Crippen molar-refractivity contribution in [1.29, 1.82) is 0 Å². The molecule has 0 bridgehead atoms. The third-order valence-electron chi connectivity index (χ3n) is 7.67. The van der Waals surface area contributed by atoms with Crippen molar-refractivity contribution in [2.45, 2.75) is 38.5 Å². The van der Waals surface area contributed by atoms with Crippen molar-refractivity contribution in [3.05, 3.63) is 100 Å². The van der Waals surface area contributed by atoms with Crippen LogP contribution >= 0.6 is 0 Å². The Morgan fingerprint density at radius 1 is 0.667 bits per heavy atom. The van der Waals surface area contributed by atoms with E-state index in [4.69, 9.17) is 32.4 Å². The van der Waals surface area contributed by atoms with Gasteiger partial charge in [0, 0.05) is 5.56 Å². The highest BCUT2D eigenvalue weighted by atomic mass is 19.4. The standard InChI is InChI=1S/C35H41F3N4O3/c1-44-30-18-24(8-12-39)33(25(19-30)9-13-40)23-4-7-31(32(43)20-23)28-16-26(10-14-41)34(27(17-28)11-15-42)45-21-22-2-5-29(6-3-22)35(36,37)38/h2-7,16-20,43H,8-15,21,39-42H2,1H3. The van der Waals surface area contributed by atoms with Gasteiger partial charge in [0.25, 0.3) is 0 Å². The number of rotatable bonds is 14. The van der Waals surface area contributed by atoms with Crippen molar-refractivity contribution in [3.8, 4) is 39.5 Å². The average Bonchev–Trinajstić information content (AvgIpc) is 3.01. The van der Waals surface area contributed by atoms with E-state index >= 15 is 0 Å². The Balaban J connectivity index is 1.72. The molecule has 0 aromatic heterocycles. The van der Waals surface area contributed by atoms with Crippen LogP contribution in [0.5, 0.6) is 17.2 Å². The van der Waals surface area contributed by atoms with Crippen molar-refractivity contribution in [2.75, 3.05) is 33.3 Å². The topological polar surface area (TPSA) is 143 Å². The van der Waals surface area contributed by atoms with Gasteiger partial charge in [-0.3, -0.25) is 0 Å². The number of hydrogen-bond acceptors (Lipinski definition) is 7. The Morgan fingerprint density at radius 3 is 1.67 bits per heavy atom. The summed E-state index contributed by atoms with van der Waals surface area (Å²) in [7, 11) is 1.62. The van der Waals surface area contributed by atoms with Gasteiger partial charge in [-0.05, 0) is 139 Å². The van der Waals surface area contributed by atoms with Gasteiger partial charge in [0.15, 0.2) is 0 Å². The Kier molecular flexibility index (Phi) is 11.5. The average molecular weight is 623 g/mol. The lowest BCUT2D eigenvalue weighted by atomic mass is 9.89. The molecule has 0 radical (unpaired) electrons. The predicted molar refractivity (Wildman–Crippen MR) is 172 cm³/mol. The maximum atomic E-state index is 13.0. The quantitative estimate of drug-likeness (QED) is 0.128. The third-order valence-corrected chi connectivity index (χ3v) is 7.67. The van der Waals surface area contributed by atoms with E-state index in [-0.39, 0.29) is 12.4 Å². The smallest absolute Gasteiger partial charge is 0.416 e. The van der Waals surface area contributed by atoms with E-state index in [0.717, 1.165) is 56.8 Å². The molecule has 0 saturated carbocycles. The first-order chi connectivity index (χ1) is 21.6. The first kappa shape index (κ1) is 33.8. The molecule has 240 valence electrons. The molecule has 0 spiro atoms. The molecule has 4 rings (SSSR count). The molecule has 10 heteroatoms. The third kappa shape index (κ3) is 8.15. The van der Waals surface area contributed by atoms with Gasteiger partial charge >= 0.3 is 6.18 Å². The van der Waals surface area contributed by atoms with Crippen LogP contribution in [0.2, 0.25) is 0 Å². The molecule has 0 unspecified atom stereocenters. The van der Waals surface area contributed by atoms with Gasteiger partial charge in [-0.15, -0.1) is 0 Å². The summed E-state index contributed by atoms with van der Waals surface area (Å²) in [5.74, 6) is 1.42. The molecule has 0 heterocycles. The molecule has 0 atom stereocenters. The van der Waals surface area contributed by atoms with E-state index in [1.54, 1.807) is 13.2 Å². The molecule has 0 aliphatic carbocycles. The number of phenols is 1. The Labute approximate surface area is 261 Å². The highest BCUT2D eigenvalue weighted by Crippen LogP contribution is 2.40. The number of benzene rings is 4. The summed E-state index contributed by atoms with van der Waals surface area (Å²) in [4.78, 5) is 0. The fourth-order valence-corrected chi connectivity index (χ4v) is 5.58. The molecular formula is C35H41F3N4O3. The molecular weight excluding hydrogens is 581 g/mol. The number of hydrogen-bond donors (Lipinski definition) is 5. The Morgan fingerprint density at radius 2 is 1.20 bits per heavy atom. The van der Waals surface area contributed by atoms with Crippen molar-refractivity contribution < 1.29 is 27.8 Å². The van der Waals surface area contributed by atoms with E-state index in [0.29, 0.717) is 68.7 Å². The second-order valence-electron chi connectivity index (χ2n) is 10.8. The number of halogens is 3. The number of phenolic OH excluding ortho intramolecular Hbond substituents is 1. The van der Waals surface area contributed by atoms with Gasteiger partial charge in [0.1, 0.15) is 23.9 Å². The predicted octanol–water partition coefficient (Wildman–Crippen LogP) is 5.34. The molecule has 4 aromatic carbocycles. The van der Waals surface area contributed by atoms with Gasteiger partial charge < -0.3 is 37.5 Å². The van der Waals surface area contributed by atoms with Gasteiger partial charge in [-0.1, -0.05) is 24.3 Å². The summed E-state index contributed by atoms with van der Waals surface area (Å²) in [6, 6.07) is 18.3. The number of methoxy groups -OCH3 is 1. The lowest BCUT2D eigenvalue weighted by Gasteiger charge is -2.20. The lowest BCUT2D eigenvalue weighted by Crippen LogP contribution is -2.11. The zero-order chi connectivity index (χ0) is 32.6. The lowest BCUT2D eigenvalue weighted by molar-refractivity contribution is -0.137. The first-order valence-corrected chi connectivity index (χ1v) is 14.9. The highest BCUT2D eigenvalue weighted by Gasteiger charge is 2.30. The minimum atomic E-state index is -4.41. The second kappa shape index (κ2) is 15.3. The Bertz CT molecular complexity index is 1540. The van der Waals surface area contributed by atoms with Crippen LogP contribution in [-0.2, 0) is 38.5 Å². The summed E-state index contributed by atoms with van der Waals surface area (Å²) >= 11 is 0. The van der Waals surface area contributed by atoms with Crippen LogP contribution < -0.4 is 32.4 Å².